The molecule has 5 heteroatoms. The molecule has 1 aromatic rings. The van der Waals surface area contributed by atoms with E-state index in [9.17, 15) is 8.78 Å². The van der Waals surface area contributed by atoms with Crippen LogP contribution in [-0.2, 0) is 4.74 Å². The van der Waals surface area contributed by atoms with Crippen molar-refractivity contribution in [2.24, 2.45) is 5.73 Å². The van der Waals surface area contributed by atoms with Crippen LogP contribution in [0.15, 0.2) is 24.3 Å². The van der Waals surface area contributed by atoms with Gasteiger partial charge in [-0.2, -0.15) is 0 Å². The Hall–Kier alpha value is -1.04. The Balaban J connectivity index is 3.01. The van der Waals surface area contributed by atoms with Gasteiger partial charge in [0.05, 0.1) is 6.61 Å². The Labute approximate surface area is 119 Å². The molecule has 0 spiro atoms. The molecule has 0 aliphatic heterocycles. The van der Waals surface area contributed by atoms with Crippen LogP contribution in [0, 0.1) is 0 Å². The van der Waals surface area contributed by atoms with Crippen molar-refractivity contribution in [1.82, 2.24) is 4.90 Å². The zero-order valence-electron chi connectivity index (χ0n) is 12.4. The van der Waals surface area contributed by atoms with E-state index in [4.69, 9.17) is 10.5 Å². The van der Waals surface area contributed by atoms with Crippen molar-refractivity contribution >= 4 is 0 Å². The van der Waals surface area contributed by atoms with E-state index in [2.05, 4.69) is 4.90 Å². The molecule has 0 radical (unpaired) electrons. The van der Waals surface area contributed by atoms with Crippen molar-refractivity contribution in [1.29, 1.82) is 0 Å². The summed E-state index contributed by atoms with van der Waals surface area (Å²) in [6.45, 7) is 5.83. The van der Waals surface area contributed by atoms with E-state index in [1.165, 1.54) is 6.07 Å². The molecule has 1 aromatic carbocycles. The molecule has 0 saturated carbocycles. The van der Waals surface area contributed by atoms with Gasteiger partial charge in [-0.15, -0.1) is 0 Å². The van der Waals surface area contributed by atoms with Crippen LogP contribution in [-0.4, -0.2) is 37.7 Å². The van der Waals surface area contributed by atoms with Gasteiger partial charge in [0.2, 0.25) is 0 Å². The van der Waals surface area contributed by atoms with Crippen molar-refractivity contribution < 1.29 is 13.5 Å². The van der Waals surface area contributed by atoms with Crippen LogP contribution in [0.25, 0.3) is 0 Å². The van der Waals surface area contributed by atoms with E-state index in [1.54, 1.807) is 19.2 Å². The van der Waals surface area contributed by atoms with Crippen molar-refractivity contribution in [3.8, 4) is 0 Å². The summed E-state index contributed by atoms with van der Waals surface area (Å²) in [5, 5.41) is 0. The van der Waals surface area contributed by atoms with Crippen LogP contribution < -0.4 is 5.73 Å². The predicted molar refractivity (Wildman–Crippen MR) is 76.9 cm³/mol. The molecular weight excluding hydrogens is 262 g/mol. The highest BCUT2D eigenvalue weighted by Gasteiger charge is 2.23. The number of alkyl halides is 2. The summed E-state index contributed by atoms with van der Waals surface area (Å²) < 4.78 is 30.8. The molecule has 0 bridgehead atoms. The molecule has 1 rings (SSSR count). The minimum atomic E-state index is -2.46. The number of hydrogen-bond acceptors (Lipinski definition) is 3. The lowest BCUT2D eigenvalue weighted by Gasteiger charge is -2.35. The SMILES string of the molecule is CCN(C(C)COC)C(CN)c1cccc(C(F)F)c1. The highest BCUT2D eigenvalue weighted by Crippen LogP contribution is 2.26. The number of nitrogens with zero attached hydrogens (tertiary/aromatic N) is 1. The average molecular weight is 286 g/mol. The van der Waals surface area contributed by atoms with Gasteiger partial charge in [0.1, 0.15) is 0 Å². The lowest BCUT2D eigenvalue weighted by molar-refractivity contribution is 0.0749. The highest BCUT2D eigenvalue weighted by atomic mass is 19.3. The fraction of sp³-hybridized carbons (Fsp3) is 0.600. The lowest BCUT2D eigenvalue weighted by atomic mass is 10.0. The van der Waals surface area contributed by atoms with Gasteiger partial charge in [-0.1, -0.05) is 25.1 Å². The number of halogens is 2. The van der Waals surface area contributed by atoms with Crippen molar-refractivity contribution in [3.05, 3.63) is 35.4 Å². The second-order valence-electron chi connectivity index (χ2n) is 4.86. The molecule has 2 atom stereocenters. The first-order valence-electron chi connectivity index (χ1n) is 6.87. The maximum absolute atomic E-state index is 12.8. The smallest absolute Gasteiger partial charge is 0.263 e. The van der Waals surface area contributed by atoms with Crippen molar-refractivity contribution in [2.75, 3.05) is 26.8 Å². The largest absolute Gasteiger partial charge is 0.383 e. The van der Waals surface area contributed by atoms with Crippen LogP contribution in [0.3, 0.4) is 0 Å². The maximum Gasteiger partial charge on any atom is 0.263 e. The molecule has 0 aliphatic carbocycles. The molecule has 114 valence electrons. The third-order valence-corrected chi connectivity index (χ3v) is 3.51. The minimum absolute atomic E-state index is 0.0383. The summed E-state index contributed by atoms with van der Waals surface area (Å²) in [4.78, 5) is 2.17. The first kappa shape index (κ1) is 17.0. The molecule has 3 nitrogen and oxygen atoms in total. The second-order valence-corrected chi connectivity index (χ2v) is 4.86. The van der Waals surface area contributed by atoms with Gasteiger partial charge in [0, 0.05) is 31.3 Å². The number of rotatable bonds is 8. The van der Waals surface area contributed by atoms with Crippen molar-refractivity contribution in [2.45, 2.75) is 32.4 Å². The van der Waals surface area contributed by atoms with Gasteiger partial charge >= 0.3 is 0 Å². The van der Waals surface area contributed by atoms with Crippen LogP contribution in [0.2, 0.25) is 0 Å². The fourth-order valence-corrected chi connectivity index (χ4v) is 2.54. The fourth-order valence-electron chi connectivity index (χ4n) is 2.54. The van der Waals surface area contributed by atoms with E-state index in [1.807, 2.05) is 19.9 Å². The summed E-state index contributed by atoms with van der Waals surface area (Å²) in [5.74, 6) is 0. The number of hydrogen-bond donors (Lipinski definition) is 1. The van der Waals surface area contributed by atoms with Crippen LogP contribution in [0.5, 0.6) is 0 Å². The normalized spacial score (nSPS) is 14.8. The van der Waals surface area contributed by atoms with Gasteiger partial charge in [-0.3, -0.25) is 4.90 Å². The highest BCUT2D eigenvalue weighted by molar-refractivity contribution is 5.27. The Morgan fingerprint density at radius 3 is 2.45 bits per heavy atom. The summed E-state index contributed by atoms with van der Waals surface area (Å²) in [5.41, 5.74) is 6.74. The molecule has 0 amide bonds. The molecule has 0 heterocycles. The van der Waals surface area contributed by atoms with Gasteiger partial charge in [0.25, 0.3) is 6.43 Å². The standard InChI is InChI=1S/C15H24F2N2O/c1-4-19(11(2)10-20-3)14(9-18)12-6-5-7-13(8-12)15(16)17/h5-8,11,14-15H,4,9-10,18H2,1-3H3. The van der Waals surface area contributed by atoms with E-state index >= 15 is 0 Å². The minimum Gasteiger partial charge on any atom is -0.383 e. The van der Waals surface area contributed by atoms with E-state index in [0.717, 1.165) is 12.1 Å². The Kier molecular flexibility index (Phi) is 7.05. The molecule has 0 saturated heterocycles. The molecule has 0 aromatic heterocycles. The summed E-state index contributed by atoms with van der Waals surface area (Å²) in [7, 11) is 1.65. The van der Waals surface area contributed by atoms with Crippen molar-refractivity contribution in [3.63, 3.8) is 0 Å². The first-order valence-corrected chi connectivity index (χ1v) is 6.87. The third kappa shape index (κ3) is 4.23. The summed E-state index contributed by atoms with van der Waals surface area (Å²) >= 11 is 0. The molecule has 2 N–H and O–H groups in total. The molecule has 2 unspecified atom stereocenters. The van der Waals surface area contributed by atoms with Crippen LogP contribution in [0.1, 0.15) is 37.4 Å². The van der Waals surface area contributed by atoms with Crippen LogP contribution in [0.4, 0.5) is 8.78 Å². The van der Waals surface area contributed by atoms with Gasteiger partial charge < -0.3 is 10.5 Å². The van der Waals surface area contributed by atoms with E-state index in [0.29, 0.717) is 13.2 Å². The summed E-state index contributed by atoms with van der Waals surface area (Å²) in [6.07, 6.45) is -2.46. The van der Waals surface area contributed by atoms with Gasteiger partial charge in [-0.05, 0) is 25.1 Å². The monoisotopic (exact) mass is 286 g/mol. The lowest BCUT2D eigenvalue weighted by Crippen LogP contribution is -2.42. The number of ether oxygens (including phenoxy) is 1. The maximum atomic E-state index is 12.8. The van der Waals surface area contributed by atoms with Crippen LogP contribution >= 0.6 is 0 Å². The Morgan fingerprint density at radius 2 is 1.95 bits per heavy atom. The number of benzene rings is 1. The van der Waals surface area contributed by atoms with E-state index < -0.39 is 6.43 Å². The average Bonchev–Trinajstić information content (AvgIpc) is 2.44. The molecule has 20 heavy (non-hydrogen) atoms. The topological polar surface area (TPSA) is 38.5 Å². The van der Waals surface area contributed by atoms with E-state index in [-0.39, 0.29) is 17.6 Å². The second kappa shape index (κ2) is 8.29. The van der Waals surface area contributed by atoms with Gasteiger partial charge in [-0.25, -0.2) is 8.78 Å². The quantitative estimate of drug-likeness (QED) is 0.798. The number of methoxy groups -OCH3 is 1. The molecule has 0 aliphatic rings. The Morgan fingerprint density at radius 1 is 1.30 bits per heavy atom. The predicted octanol–water partition coefficient (Wildman–Crippen LogP) is 2.98. The number of nitrogens with two attached hydrogens (primary N) is 1. The molecule has 0 fully saturated rings. The molecular formula is C15H24F2N2O. The third-order valence-electron chi connectivity index (χ3n) is 3.51. The Bertz CT molecular complexity index is 401. The number of likely N-dealkylation sites (N-methyl/N-ethyl adjacent to an activating group) is 1. The van der Waals surface area contributed by atoms with Gasteiger partial charge in [0.15, 0.2) is 0 Å². The first-order chi connectivity index (χ1) is 9.54. The zero-order valence-corrected chi connectivity index (χ0v) is 12.4. The zero-order chi connectivity index (χ0) is 15.1. The summed E-state index contributed by atoms with van der Waals surface area (Å²) in [6, 6.07) is 6.60.